The summed E-state index contributed by atoms with van der Waals surface area (Å²) in [5, 5.41) is 1.22. The second kappa shape index (κ2) is 4.71. The Hall–Kier alpha value is -1.23. The first-order valence-corrected chi connectivity index (χ1v) is 6.99. The monoisotopic (exact) mass is 355 g/mol. The van der Waals surface area contributed by atoms with Crippen molar-refractivity contribution < 1.29 is 0 Å². The minimum Gasteiger partial charge on any atom is -0.397 e. The Labute approximate surface area is 127 Å². The summed E-state index contributed by atoms with van der Waals surface area (Å²) >= 11 is 15.5. The van der Waals surface area contributed by atoms with Crippen molar-refractivity contribution >= 4 is 55.9 Å². The maximum atomic E-state index is 6.01. The van der Waals surface area contributed by atoms with Crippen molar-refractivity contribution in [3.63, 3.8) is 0 Å². The van der Waals surface area contributed by atoms with E-state index in [1.54, 1.807) is 12.1 Å². The number of benzene rings is 2. The zero-order valence-corrected chi connectivity index (χ0v) is 12.6. The van der Waals surface area contributed by atoms with Gasteiger partial charge in [0.05, 0.1) is 11.2 Å². The fraction of sp³-hybridized carbons (Fsp3) is 0. The first kappa shape index (κ1) is 12.8. The van der Waals surface area contributed by atoms with Crippen LogP contribution < -0.4 is 5.73 Å². The highest BCUT2D eigenvalue weighted by molar-refractivity contribution is 9.10. The number of aromatic nitrogens is 2. The minimum absolute atomic E-state index is 0.545. The largest absolute Gasteiger partial charge is 0.397 e. The summed E-state index contributed by atoms with van der Waals surface area (Å²) in [7, 11) is 0. The van der Waals surface area contributed by atoms with Crippen molar-refractivity contribution in [1.29, 1.82) is 0 Å². The van der Waals surface area contributed by atoms with E-state index in [1.165, 1.54) is 0 Å². The summed E-state index contributed by atoms with van der Waals surface area (Å²) in [6.07, 6.45) is 0. The standard InChI is InChI=1S/C13H8BrCl2N3/c14-9-2-1-6(15)3-8(9)13-18-11-5-7(16)4-10(17)12(11)19-13/h1-5H,17H2,(H,18,19). The van der Waals surface area contributed by atoms with Gasteiger partial charge in [0.15, 0.2) is 0 Å². The van der Waals surface area contributed by atoms with E-state index in [-0.39, 0.29) is 0 Å². The summed E-state index contributed by atoms with van der Waals surface area (Å²) in [6.45, 7) is 0. The Kier molecular flexibility index (Phi) is 3.17. The van der Waals surface area contributed by atoms with E-state index in [0.29, 0.717) is 27.1 Å². The molecule has 0 aliphatic rings. The molecule has 19 heavy (non-hydrogen) atoms. The number of nitrogen functional groups attached to an aromatic ring is 1. The Morgan fingerprint density at radius 2 is 1.89 bits per heavy atom. The van der Waals surface area contributed by atoms with Crippen LogP contribution in [-0.2, 0) is 0 Å². The maximum Gasteiger partial charge on any atom is 0.139 e. The highest BCUT2D eigenvalue weighted by Gasteiger charge is 2.11. The Morgan fingerprint density at radius 3 is 2.68 bits per heavy atom. The van der Waals surface area contributed by atoms with E-state index in [4.69, 9.17) is 28.9 Å². The predicted octanol–water partition coefficient (Wildman–Crippen LogP) is 4.88. The van der Waals surface area contributed by atoms with Crippen molar-refractivity contribution in [3.8, 4) is 11.4 Å². The van der Waals surface area contributed by atoms with Crippen LogP contribution in [0.2, 0.25) is 10.0 Å². The summed E-state index contributed by atoms with van der Waals surface area (Å²) in [5.41, 5.74) is 8.83. The van der Waals surface area contributed by atoms with Crippen LogP contribution in [0.1, 0.15) is 0 Å². The fourth-order valence-electron chi connectivity index (χ4n) is 1.91. The molecule has 0 spiro atoms. The van der Waals surface area contributed by atoms with E-state index < -0.39 is 0 Å². The normalized spacial score (nSPS) is 11.1. The molecule has 0 unspecified atom stereocenters. The van der Waals surface area contributed by atoms with Gasteiger partial charge in [-0.15, -0.1) is 0 Å². The number of fused-ring (bicyclic) bond motifs is 1. The van der Waals surface area contributed by atoms with Gasteiger partial charge in [0.1, 0.15) is 11.3 Å². The number of imidazole rings is 1. The summed E-state index contributed by atoms with van der Waals surface area (Å²) in [6, 6.07) is 9.00. The van der Waals surface area contributed by atoms with E-state index in [1.807, 2.05) is 18.2 Å². The lowest BCUT2D eigenvalue weighted by Gasteiger charge is -2.00. The molecule has 0 aliphatic heterocycles. The summed E-state index contributed by atoms with van der Waals surface area (Å²) in [4.78, 5) is 7.70. The number of nitrogens with zero attached hydrogens (tertiary/aromatic N) is 1. The molecule has 1 aromatic heterocycles. The van der Waals surface area contributed by atoms with Crippen LogP contribution in [0, 0.1) is 0 Å². The molecule has 0 atom stereocenters. The van der Waals surface area contributed by atoms with E-state index in [0.717, 1.165) is 15.6 Å². The van der Waals surface area contributed by atoms with Gasteiger partial charge < -0.3 is 10.7 Å². The molecule has 2 aromatic carbocycles. The number of H-pyrrole nitrogens is 1. The van der Waals surface area contributed by atoms with Crippen LogP contribution in [0.15, 0.2) is 34.8 Å². The molecule has 1 heterocycles. The Balaban J connectivity index is 2.26. The molecular formula is C13H8BrCl2N3. The highest BCUT2D eigenvalue weighted by atomic mass is 79.9. The van der Waals surface area contributed by atoms with Gasteiger partial charge >= 0.3 is 0 Å². The zero-order valence-electron chi connectivity index (χ0n) is 9.55. The SMILES string of the molecule is Nc1cc(Cl)cc2[nH]c(-c3cc(Cl)ccc3Br)nc12. The Morgan fingerprint density at radius 1 is 1.11 bits per heavy atom. The third-order valence-electron chi connectivity index (χ3n) is 2.76. The molecule has 0 amide bonds. The maximum absolute atomic E-state index is 6.01. The third-order valence-corrected chi connectivity index (χ3v) is 3.91. The molecule has 96 valence electrons. The fourth-order valence-corrected chi connectivity index (χ4v) is 2.75. The van der Waals surface area contributed by atoms with Gasteiger partial charge in [-0.1, -0.05) is 39.1 Å². The second-order valence-electron chi connectivity index (χ2n) is 4.10. The average molecular weight is 357 g/mol. The molecule has 3 rings (SSSR count). The van der Waals surface area contributed by atoms with Crippen molar-refractivity contribution in [1.82, 2.24) is 9.97 Å². The Bertz CT molecular complexity index is 783. The lowest BCUT2D eigenvalue weighted by molar-refractivity contribution is 1.33. The van der Waals surface area contributed by atoms with Gasteiger partial charge in [-0.2, -0.15) is 0 Å². The molecule has 0 radical (unpaired) electrons. The number of hydrogen-bond donors (Lipinski definition) is 2. The van der Waals surface area contributed by atoms with Gasteiger partial charge in [-0.05, 0) is 30.3 Å². The second-order valence-corrected chi connectivity index (χ2v) is 5.83. The summed E-state index contributed by atoms with van der Waals surface area (Å²) < 4.78 is 0.903. The van der Waals surface area contributed by atoms with Crippen LogP contribution in [-0.4, -0.2) is 9.97 Å². The topological polar surface area (TPSA) is 54.7 Å². The lowest BCUT2D eigenvalue weighted by atomic mass is 10.2. The molecule has 0 bridgehead atoms. The minimum atomic E-state index is 0.545. The lowest BCUT2D eigenvalue weighted by Crippen LogP contribution is -1.86. The predicted molar refractivity (Wildman–Crippen MR) is 83.7 cm³/mol. The van der Waals surface area contributed by atoms with Crippen molar-refractivity contribution in [2.45, 2.75) is 0 Å². The molecule has 0 fully saturated rings. The molecule has 0 saturated heterocycles. The van der Waals surface area contributed by atoms with Crippen LogP contribution >= 0.6 is 39.1 Å². The molecule has 0 aliphatic carbocycles. The van der Waals surface area contributed by atoms with Gasteiger partial charge in [0.25, 0.3) is 0 Å². The number of nitrogens with two attached hydrogens (primary N) is 1. The average Bonchev–Trinajstić information content (AvgIpc) is 2.76. The summed E-state index contributed by atoms with van der Waals surface area (Å²) in [5.74, 6) is 0.693. The van der Waals surface area contributed by atoms with Crippen molar-refractivity contribution in [2.24, 2.45) is 0 Å². The van der Waals surface area contributed by atoms with E-state index >= 15 is 0 Å². The van der Waals surface area contributed by atoms with E-state index in [9.17, 15) is 0 Å². The molecular weight excluding hydrogens is 349 g/mol. The number of rotatable bonds is 1. The number of anilines is 1. The van der Waals surface area contributed by atoms with Gasteiger partial charge in [-0.3, -0.25) is 0 Å². The first-order valence-electron chi connectivity index (χ1n) is 5.45. The van der Waals surface area contributed by atoms with Crippen LogP contribution in [0.5, 0.6) is 0 Å². The molecule has 0 saturated carbocycles. The number of halogens is 3. The van der Waals surface area contributed by atoms with E-state index in [2.05, 4.69) is 25.9 Å². The number of hydrogen-bond acceptors (Lipinski definition) is 2. The molecule has 3 N–H and O–H groups in total. The third kappa shape index (κ3) is 2.31. The van der Waals surface area contributed by atoms with Crippen LogP contribution in [0.3, 0.4) is 0 Å². The highest BCUT2D eigenvalue weighted by Crippen LogP contribution is 2.32. The smallest absolute Gasteiger partial charge is 0.139 e. The first-order chi connectivity index (χ1) is 9.04. The molecule has 6 heteroatoms. The zero-order chi connectivity index (χ0) is 13.6. The molecule has 3 nitrogen and oxygen atoms in total. The number of nitrogens with one attached hydrogen (secondary N) is 1. The number of aromatic amines is 1. The quantitative estimate of drug-likeness (QED) is 0.610. The van der Waals surface area contributed by atoms with Gasteiger partial charge in [0.2, 0.25) is 0 Å². The van der Waals surface area contributed by atoms with Crippen molar-refractivity contribution in [2.75, 3.05) is 5.73 Å². The van der Waals surface area contributed by atoms with Crippen LogP contribution in [0.25, 0.3) is 22.4 Å². The van der Waals surface area contributed by atoms with Crippen LogP contribution in [0.4, 0.5) is 5.69 Å². The molecule has 3 aromatic rings. The van der Waals surface area contributed by atoms with Gasteiger partial charge in [-0.25, -0.2) is 4.98 Å². The van der Waals surface area contributed by atoms with Gasteiger partial charge in [0, 0.05) is 20.1 Å². The van der Waals surface area contributed by atoms with Crippen molar-refractivity contribution in [3.05, 3.63) is 44.8 Å².